The smallest absolute Gasteiger partial charge is 0.133 e. The van der Waals surface area contributed by atoms with Gasteiger partial charge in [-0.15, -0.1) is 0 Å². The quantitative estimate of drug-likeness (QED) is 0.733. The molecule has 0 aliphatic rings. The molecule has 0 saturated heterocycles. The number of hydrogen-bond acceptors (Lipinski definition) is 3. The molecule has 0 aliphatic carbocycles. The summed E-state index contributed by atoms with van der Waals surface area (Å²) in [7, 11) is 1.69. The van der Waals surface area contributed by atoms with Crippen LogP contribution in [0.4, 0.5) is 0 Å². The van der Waals surface area contributed by atoms with Gasteiger partial charge in [-0.05, 0) is 81.8 Å². The van der Waals surface area contributed by atoms with Crippen LogP contribution >= 0.6 is 27.3 Å². The number of thiophene rings is 1. The Kier molecular flexibility index (Phi) is 6.27. The molecule has 1 N–H and O–H groups in total. The summed E-state index contributed by atoms with van der Waals surface area (Å²) in [4.78, 5) is 0. The molecular weight excluding hydrogens is 346 g/mol. The van der Waals surface area contributed by atoms with Crippen molar-refractivity contribution in [2.75, 3.05) is 13.7 Å². The number of rotatable bonds is 7. The first-order chi connectivity index (χ1) is 10.2. The summed E-state index contributed by atoms with van der Waals surface area (Å²) in [6.45, 7) is 5.43. The van der Waals surface area contributed by atoms with E-state index in [2.05, 4.69) is 58.0 Å². The molecule has 0 spiro atoms. The molecular formula is C17H22BrNOS. The van der Waals surface area contributed by atoms with Crippen LogP contribution in [0.15, 0.2) is 33.4 Å². The van der Waals surface area contributed by atoms with Crippen LogP contribution in [0, 0.1) is 6.92 Å². The summed E-state index contributed by atoms with van der Waals surface area (Å²) in [6, 6.07) is 6.70. The van der Waals surface area contributed by atoms with Crippen LogP contribution in [-0.2, 0) is 6.42 Å². The first kappa shape index (κ1) is 16.5. The average molecular weight is 368 g/mol. The predicted octanol–water partition coefficient (Wildman–Crippen LogP) is 5.11. The summed E-state index contributed by atoms with van der Waals surface area (Å²) < 4.78 is 6.31. The Morgan fingerprint density at radius 3 is 2.71 bits per heavy atom. The topological polar surface area (TPSA) is 21.3 Å². The van der Waals surface area contributed by atoms with Crippen molar-refractivity contribution in [3.05, 3.63) is 50.1 Å². The fraction of sp³-hybridized carbons (Fsp3) is 0.412. The van der Waals surface area contributed by atoms with Gasteiger partial charge in [0.05, 0.1) is 11.6 Å². The molecule has 0 amide bonds. The van der Waals surface area contributed by atoms with E-state index >= 15 is 0 Å². The van der Waals surface area contributed by atoms with Gasteiger partial charge in [-0.3, -0.25) is 0 Å². The lowest BCUT2D eigenvalue weighted by Crippen LogP contribution is -2.24. The minimum atomic E-state index is 0.372. The first-order valence-corrected chi connectivity index (χ1v) is 8.97. The van der Waals surface area contributed by atoms with E-state index in [0.29, 0.717) is 6.04 Å². The van der Waals surface area contributed by atoms with Crippen LogP contribution in [0.1, 0.15) is 36.1 Å². The highest BCUT2D eigenvalue weighted by Gasteiger charge is 2.15. The number of benzene rings is 1. The molecule has 114 valence electrons. The van der Waals surface area contributed by atoms with Crippen LogP contribution in [0.25, 0.3) is 0 Å². The van der Waals surface area contributed by atoms with Gasteiger partial charge in [0.15, 0.2) is 0 Å². The molecule has 1 aromatic heterocycles. The third-order valence-electron chi connectivity index (χ3n) is 3.57. The zero-order chi connectivity index (χ0) is 15.2. The van der Waals surface area contributed by atoms with Crippen LogP contribution in [0.2, 0.25) is 0 Å². The van der Waals surface area contributed by atoms with E-state index < -0.39 is 0 Å². The molecule has 2 rings (SSSR count). The van der Waals surface area contributed by atoms with Crippen LogP contribution in [0.3, 0.4) is 0 Å². The minimum absolute atomic E-state index is 0.372. The molecule has 1 atom stereocenters. The van der Waals surface area contributed by atoms with Crippen molar-refractivity contribution in [3.63, 3.8) is 0 Å². The molecule has 2 aromatic rings. The van der Waals surface area contributed by atoms with Crippen molar-refractivity contribution in [1.82, 2.24) is 5.32 Å². The van der Waals surface area contributed by atoms with Gasteiger partial charge in [0.2, 0.25) is 0 Å². The third kappa shape index (κ3) is 4.31. The SMILES string of the molecule is CCCNC(Cc1ccc(OC)c(Br)c1)c1cscc1C. The van der Waals surface area contributed by atoms with Crippen molar-refractivity contribution in [1.29, 1.82) is 0 Å². The lowest BCUT2D eigenvalue weighted by Gasteiger charge is -2.19. The number of halogens is 1. The molecule has 4 heteroatoms. The van der Waals surface area contributed by atoms with Crippen LogP contribution < -0.4 is 10.1 Å². The van der Waals surface area contributed by atoms with Crippen molar-refractivity contribution in [2.24, 2.45) is 0 Å². The summed E-state index contributed by atoms with van der Waals surface area (Å²) >= 11 is 5.35. The lowest BCUT2D eigenvalue weighted by atomic mass is 9.98. The Labute approximate surface area is 139 Å². The van der Waals surface area contributed by atoms with Crippen molar-refractivity contribution in [2.45, 2.75) is 32.7 Å². The number of nitrogens with one attached hydrogen (secondary N) is 1. The summed E-state index contributed by atoms with van der Waals surface area (Å²) in [5.41, 5.74) is 4.10. The molecule has 1 aromatic carbocycles. The minimum Gasteiger partial charge on any atom is -0.496 e. The molecule has 0 bridgehead atoms. The maximum Gasteiger partial charge on any atom is 0.133 e. The maximum atomic E-state index is 5.30. The average Bonchev–Trinajstić information content (AvgIpc) is 2.90. The third-order valence-corrected chi connectivity index (χ3v) is 5.07. The Morgan fingerprint density at radius 2 is 2.14 bits per heavy atom. The van der Waals surface area contributed by atoms with Crippen molar-refractivity contribution >= 4 is 27.3 Å². The molecule has 0 aliphatic heterocycles. The second-order valence-electron chi connectivity index (χ2n) is 5.19. The second-order valence-corrected chi connectivity index (χ2v) is 6.79. The Bertz CT molecular complexity index is 582. The zero-order valence-corrected chi connectivity index (χ0v) is 15.2. The van der Waals surface area contributed by atoms with E-state index in [1.165, 1.54) is 16.7 Å². The first-order valence-electron chi connectivity index (χ1n) is 7.24. The van der Waals surface area contributed by atoms with Gasteiger partial charge in [0, 0.05) is 6.04 Å². The van der Waals surface area contributed by atoms with Gasteiger partial charge < -0.3 is 10.1 Å². The van der Waals surface area contributed by atoms with E-state index in [1.807, 2.05) is 6.07 Å². The van der Waals surface area contributed by atoms with Crippen molar-refractivity contribution < 1.29 is 4.74 Å². The summed E-state index contributed by atoms with van der Waals surface area (Å²) in [5.74, 6) is 0.878. The second kappa shape index (κ2) is 7.97. The van der Waals surface area contributed by atoms with E-state index in [0.717, 1.165) is 29.6 Å². The highest BCUT2D eigenvalue weighted by Crippen LogP contribution is 2.29. The van der Waals surface area contributed by atoms with Gasteiger partial charge in [0.25, 0.3) is 0 Å². The molecule has 2 nitrogen and oxygen atoms in total. The molecule has 1 unspecified atom stereocenters. The highest BCUT2D eigenvalue weighted by molar-refractivity contribution is 9.10. The van der Waals surface area contributed by atoms with Gasteiger partial charge in [-0.1, -0.05) is 13.0 Å². The summed E-state index contributed by atoms with van der Waals surface area (Å²) in [6.07, 6.45) is 2.13. The number of methoxy groups -OCH3 is 1. The Morgan fingerprint density at radius 1 is 1.33 bits per heavy atom. The van der Waals surface area contributed by atoms with E-state index in [1.54, 1.807) is 18.4 Å². The van der Waals surface area contributed by atoms with Gasteiger partial charge in [0.1, 0.15) is 5.75 Å². The van der Waals surface area contributed by atoms with E-state index in [4.69, 9.17) is 4.74 Å². The lowest BCUT2D eigenvalue weighted by molar-refractivity contribution is 0.412. The normalized spacial score (nSPS) is 12.4. The van der Waals surface area contributed by atoms with E-state index in [9.17, 15) is 0 Å². The van der Waals surface area contributed by atoms with Crippen LogP contribution in [0.5, 0.6) is 5.75 Å². The fourth-order valence-electron chi connectivity index (χ4n) is 2.41. The molecule has 0 radical (unpaired) electrons. The number of aryl methyl sites for hydroxylation is 1. The Hall–Kier alpha value is -0.840. The highest BCUT2D eigenvalue weighted by atomic mass is 79.9. The number of hydrogen-bond donors (Lipinski definition) is 1. The molecule has 0 saturated carbocycles. The zero-order valence-electron chi connectivity index (χ0n) is 12.8. The Balaban J connectivity index is 2.18. The maximum absolute atomic E-state index is 5.30. The standard InChI is InChI=1S/C17H22BrNOS/c1-4-7-19-16(14-11-21-10-12(14)2)9-13-5-6-17(20-3)15(18)8-13/h5-6,8,10-11,16,19H,4,7,9H2,1-3H3. The van der Waals surface area contributed by atoms with Crippen LogP contribution in [-0.4, -0.2) is 13.7 Å². The van der Waals surface area contributed by atoms with E-state index in [-0.39, 0.29) is 0 Å². The largest absolute Gasteiger partial charge is 0.496 e. The molecule has 21 heavy (non-hydrogen) atoms. The van der Waals surface area contributed by atoms with Gasteiger partial charge in [-0.2, -0.15) is 11.3 Å². The number of ether oxygens (including phenoxy) is 1. The summed E-state index contributed by atoms with van der Waals surface area (Å²) in [5, 5.41) is 8.16. The van der Waals surface area contributed by atoms with Gasteiger partial charge in [-0.25, -0.2) is 0 Å². The van der Waals surface area contributed by atoms with Crippen molar-refractivity contribution in [3.8, 4) is 5.75 Å². The van der Waals surface area contributed by atoms with Gasteiger partial charge >= 0.3 is 0 Å². The predicted molar refractivity (Wildman–Crippen MR) is 94.5 cm³/mol. The monoisotopic (exact) mass is 367 g/mol. The fourth-order valence-corrected chi connectivity index (χ4v) is 3.90. The molecule has 1 heterocycles. The molecule has 0 fully saturated rings.